The number of rotatable bonds is 3. The maximum atomic E-state index is 11.8. The molecular weight excluding hydrogens is 331 g/mol. The van der Waals surface area contributed by atoms with Crippen LogP contribution in [0.25, 0.3) is 11.0 Å². The summed E-state index contributed by atoms with van der Waals surface area (Å²) in [6, 6.07) is 3.80. The van der Waals surface area contributed by atoms with Gasteiger partial charge >= 0.3 is 6.09 Å². The van der Waals surface area contributed by atoms with Crippen LogP contribution in [0.15, 0.2) is 24.5 Å². The zero-order valence-corrected chi connectivity index (χ0v) is 11.7. The van der Waals surface area contributed by atoms with Crippen LogP contribution in [0.2, 0.25) is 0 Å². The molecule has 2 aromatic rings. The van der Waals surface area contributed by atoms with Gasteiger partial charge in [0.25, 0.3) is 0 Å². The number of carbonyl (C=O) groups excluding carboxylic acids is 1. The summed E-state index contributed by atoms with van der Waals surface area (Å²) in [6.07, 6.45) is 4.97. The van der Waals surface area contributed by atoms with Gasteiger partial charge in [-0.15, -0.1) is 0 Å². The quantitative estimate of drug-likeness (QED) is 0.633. The number of halogens is 1. The number of pyridine rings is 1. The van der Waals surface area contributed by atoms with E-state index in [2.05, 4.69) is 34.5 Å². The van der Waals surface area contributed by atoms with Crippen LogP contribution < -0.4 is 0 Å². The molecule has 0 fully saturated rings. The lowest BCUT2D eigenvalue weighted by Crippen LogP contribution is -2.13. The number of ether oxygens (including phenoxy) is 1. The first-order valence-electron chi connectivity index (χ1n) is 5.52. The fourth-order valence-electron chi connectivity index (χ4n) is 1.53. The zero-order valence-electron chi connectivity index (χ0n) is 9.52. The molecule has 0 aliphatic heterocycles. The SMILES string of the molecule is CCCCOC(=O)n1cc(I)c2cccnc21. The molecular formula is C12H13IN2O2. The van der Waals surface area contributed by atoms with Crippen LogP contribution in [-0.2, 0) is 4.74 Å². The van der Waals surface area contributed by atoms with Crippen LogP contribution >= 0.6 is 22.6 Å². The lowest BCUT2D eigenvalue weighted by molar-refractivity contribution is 0.147. The summed E-state index contributed by atoms with van der Waals surface area (Å²) in [5.41, 5.74) is 0.651. The number of hydrogen-bond acceptors (Lipinski definition) is 3. The predicted molar refractivity (Wildman–Crippen MR) is 74.1 cm³/mol. The second kappa shape index (κ2) is 5.48. The monoisotopic (exact) mass is 344 g/mol. The van der Waals surface area contributed by atoms with Crippen molar-refractivity contribution in [2.75, 3.05) is 6.61 Å². The summed E-state index contributed by atoms with van der Waals surface area (Å²) in [6.45, 7) is 2.52. The number of nitrogens with zero attached hydrogens (tertiary/aromatic N) is 2. The van der Waals surface area contributed by atoms with Crippen LogP contribution in [0, 0.1) is 3.57 Å². The van der Waals surface area contributed by atoms with E-state index in [1.807, 2.05) is 12.1 Å². The van der Waals surface area contributed by atoms with Gasteiger partial charge in [0.15, 0.2) is 0 Å². The Labute approximate surface area is 113 Å². The fraction of sp³-hybridized carbons (Fsp3) is 0.333. The molecule has 0 spiro atoms. The van der Waals surface area contributed by atoms with Gasteiger partial charge in [0.2, 0.25) is 0 Å². The van der Waals surface area contributed by atoms with Gasteiger partial charge in [-0.3, -0.25) is 0 Å². The highest BCUT2D eigenvalue weighted by Gasteiger charge is 2.13. The second-order valence-electron chi connectivity index (χ2n) is 3.69. The van der Waals surface area contributed by atoms with Crippen LogP contribution in [0.4, 0.5) is 4.79 Å². The molecule has 0 saturated carbocycles. The van der Waals surface area contributed by atoms with Gasteiger partial charge in [-0.25, -0.2) is 14.3 Å². The van der Waals surface area contributed by atoms with Crippen molar-refractivity contribution in [2.24, 2.45) is 0 Å². The standard InChI is InChI=1S/C12H13IN2O2/c1-2-3-7-17-12(16)15-8-10(13)9-5-4-6-14-11(9)15/h4-6,8H,2-3,7H2,1H3. The van der Waals surface area contributed by atoms with Gasteiger partial charge in [0.1, 0.15) is 5.65 Å². The average Bonchev–Trinajstić information content (AvgIpc) is 2.68. The first-order valence-corrected chi connectivity index (χ1v) is 6.60. The Kier molecular flexibility index (Phi) is 3.98. The van der Waals surface area contributed by atoms with Crippen LogP contribution in [0.1, 0.15) is 19.8 Å². The molecule has 0 saturated heterocycles. The van der Waals surface area contributed by atoms with E-state index in [1.54, 1.807) is 12.4 Å². The van der Waals surface area contributed by atoms with Crippen molar-refractivity contribution in [3.05, 3.63) is 28.1 Å². The Balaban J connectivity index is 2.26. The summed E-state index contributed by atoms with van der Waals surface area (Å²) < 4.78 is 7.63. The summed E-state index contributed by atoms with van der Waals surface area (Å²) in [4.78, 5) is 16.1. The average molecular weight is 344 g/mol. The Morgan fingerprint density at radius 2 is 2.41 bits per heavy atom. The molecule has 2 aromatic heterocycles. The Hall–Kier alpha value is -1.11. The van der Waals surface area contributed by atoms with E-state index >= 15 is 0 Å². The molecule has 17 heavy (non-hydrogen) atoms. The van der Waals surface area contributed by atoms with E-state index in [1.165, 1.54) is 4.57 Å². The molecule has 0 N–H and O–H groups in total. The Bertz CT molecular complexity index is 536. The van der Waals surface area contributed by atoms with Crippen molar-refractivity contribution in [3.63, 3.8) is 0 Å². The van der Waals surface area contributed by atoms with Crippen molar-refractivity contribution in [1.29, 1.82) is 0 Å². The van der Waals surface area contributed by atoms with Crippen molar-refractivity contribution in [1.82, 2.24) is 9.55 Å². The smallest absolute Gasteiger partial charge is 0.419 e. The van der Waals surface area contributed by atoms with Crippen LogP contribution in [0.5, 0.6) is 0 Å². The lowest BCUT2D eigenvalue weighted by atomic mass is 10.3. The number of carbonyl (C=O) groups is 1. The maximum absolute atomic E-state index is 11.8. The first kappa shape index (κ1) is 12.3. The van der Waals surface area contributed by atoms with E-state index in [0.717, 1.165) is 21.8 Å². The zero-order chi connectivity index (χ0) is 12.3. The molecule has 0 aromatic carbocycles. The normalized spacial score (nSPS) is 10.7. The minimum Gasteiger partial charge on any atom is -0.449 e. The third-order valence-corrected chi connectivity index (χ3v) is 3.29. The van der Waals surface area contributed by atoms with E-state index in [-0.39, 0.29) is 6.09 Å². The van der Waals surface area contributed by atoms with Gasteiger partial charge in [0, 0.05) is 21.4 Å². The minimum absolute atomic E-state index is 0.356. The van der Waals surface area contributed by atoms with Gasteiger partial charge < -0.3 is 4.74 Å². The minimum atomic E-state index is -0.356. The van der Waals surface area contributed by atoms with Crippen molar-refractivity contribution in [3.8, 4) is 0 Å². The van der Waals surface area contributed by atoms with E-state index in [9.17, 15) is 4.79 Å². The number of hydrogen-bond donors (Lipinski definition) is 0. The highest BCUT2D eigenvalue weighted by atomic mass is 127. The van der Waals surface area contributed by atoms with Crippen LogP contribution in [0.3, 0.4) is 0 Å². The predicted octanol–water partition coefficient (Wildman–Crippen LogP) is 3.43. The highest BCUT2D eigenvalue weighted by Crippen LogP contribution is 2.20. The number of aromatic nitrogens is 2. The van der Waals surface area contributed by atoms with E-state index < -0.39 is 0 Å². The van der Waals surface area contributed by atoms with Gasteiger partial charge in [-0.1, -0.05) is 13.3 Å². The van der Waals surface area contributed by atoms with Crippen LogP contribution in [-0.4, -0.2) is 22.3 Å². The summed E-state index contributed by atoms with van der Waals surface area (Å²) in [5.74, 6) is 0. The molecule has 0 aliphatic rings. The first-order chi connectivity index (χ1) is 8.24. The van der Waals surface area contributed by atoms with E-state index in [4.69, 9.17) is 4.74 Å². The largest absolute Gasteiger partial charge is 0.449 e. The third kappa shape index (κ3) is 2.59. The lowest BCUT2D eigenvalue weighted by Gasteiger charge is -2.04. The van der Waals surface area contributed by atoms with Gasteiger partial charge in [-0.2, -0.15) is 0 Å². The molecule has 0 aliphatic carbocycles. The van der Waals surface area contributed by atoms with E-state index in [0.29, 0.717) is 12.3 Å². The molecule has 2 rings (SSSR count). The molecule has 90 valence electrons. The molecule has 0 amide bonds. The Morgan fingerprint density at radius 3 is 3.18 bits per heavy atom. The van der Waals surface area contributed by atoms with Gasteiger partial charge in [-0.05, 0) is 41.1 Å². The molecule has 4 nitrogen and oxygen atoms in total. The molecule has 0 unspecified atom stereocenters. The highest BCUT2D eigenvalue weighted by molar-refractivity contribution is 14.1. The topological polar surface area (TPSA) is 44.1 Å². The molecule has 0 bridgehead atoms. The Morgan fingerprint density at radius 1 is 1.59 bits per heavy atom. The molecule has 2 heterocycles. The maximum Gasteiger partial charge on any atom is 0.419 e. The number of fused-ring (bicyclic) bond motifs is 1. The van der Waals surface area contributed by atoms with Gasteiger partial charge in [0.05, 0.1) is 6.61 Å². The summed E-state index contributed by atoms with van der Waals surface area (Å²) in [5, 5.41) is 0.973. The van der Waals surface area contributed by atoms with Crippen molar-refractivity contribution in [2.45, 2.75) is 19.8 Å². The molecule has 0 atom stereocenters. The molecule has 5 heteroatoms. The third-order valence-electron chi connectivity index (χ3n) is 2.43. The molecule has 0 radical (unpaired) electrons. The van der Waals surface area contributed by atoms with Crippen molar-refractivity contribution < 1.29 is 9.53 Å². The van der Waals surface area contributed by atoms with Crippen molar-refractivity contribution >= 4 is 39.7 Å². The second-order valence-corrected chi connectivity index (χ2v) is 4.85. The summed E-state index contributed by atoms with van der Waals surface area (Å²) in [7, 11) is 0. The number of unbranched alkanes of at least 4 members (excludes halogenated alkanes) is 1. The summed E-state index contributed by atoms with van der Waals surface area (Å²) >= 11 is 2.19. The fourth-order valence-corrected chi connectivity index (χ4v) is 2.23.